The number of hydrogen-bond donors (Lipinski definition) is 0. The molecule has 2 fully saturated rings. The highest BCUT2D eigenvalue weighted by atomic mass is 35.7. The SMILES string of the molecule is C=C[Si](C)(C)OC.C=C[Si](C)(Cl)Cl.C=C[Si](C)(OC)c1ccccc1.C=C[Si](Cl)(Cl)c1ccccc1.C=C[Si]1(C)O[Si](C)(C=C)O[Si](C)(C=C)O1.C=C[Si]1(C)O[Si](C)(C=C)O[Si](C)(C=C)O[Si](C)(C=C)O1. The van der Waals surface area contributed by atoms with Crippen LogP contribution in [0, 0.1) is 0 Å². The van der Waals surface area contributed by atoms with Crippen LogP contribution in [0.5, 0.6) is 0 Å². The normalized spacial score (nSPS) is 28.9. The van der Waals surface area contributed by atoms with Gasteiger partial charge >= 0.3 is 66.6 Å². The average molecular weight is 1240 g/mol. The highest BCUT2D eigenvalue weighted by molar-refractivity contribution is 7.53. The quantitative estimate of drug-likeness (QED) is 0.128. The molecule has 24 heteroatoms. The summed E-state index contributed by atoms with van der Waals surface area (Å²) < 4.78 is 53.4. The van der Waals surface area contributed by atoms with Crippen molar-refractivity contribution in [1.29, 1.82) is 0 Å². The average Bonchev–Trinajstić information content (AvgIpc) is 3.34. The largest absolute Gasteiger partial charge is 0.417 e. The van der Waals surface area contributed by atoms with Crippen LogP contribution in [0.2, 0.25) is 72.0 Å². The summed E-state index contributed by atoms with van der Waals surface area (Å²) in [5.41, 5.74) is 19.5. The Morgan fingerprint density at radius 2 is 0.620 bits per heavy atom. The summed E-state index contributed by atoms with van der Waals surface area (Å²) >= 11 is 23.1. The van der Waals surface area contributed by atoms with E-state index in [1.54, 1.807) is 72.1 Å². The predicted octanol–water partition coefficient (Wildman–Crippen LogP) is 13.9. The van der Waals surface area contributed by atoms with Crippen molar-refractivity contribution >= 4 is 145 Å². The lowest BCUT2D eigenvalue weighted by Crippen LogP contribution is -2.65. The monoisotopic (exact) mass is 1240 g/mol. The Kier molecular flexibility index (Phi) is 31.5. The number of rotatable bonds is 15. The molecule has 0 amide bonds. The van der Waals surface area contributed by atoms with Gasteiger partial charge in [0, 0.05) is 14.2 Å². The minimum atomic E-state index is -2.60. The molecule has 9 nitrogen and oxygen atoms in total. The van der Waals surface area contributed by atoms with E-state index in [4.69, 9.17) is 82.0 Å². The van der Waals surface area contributed by atoms with E-state index < -0.39 is 89.9 Å². The van der Waals surface area contributed by atoms with Crippen LogP contribution in [0.3, 0.4) is 0 Å². The molecular formula is C47H82Cl4O9Si11. The van der Waals surface area contributed by atoms with Crippen LogP contribution in [-0.4, -0.2) is 104 Å². The van der Waals surface area contributed by atoms with Crippen molar-refractivity contribution < 1.29 is 37.7 Å². The van der Waals surface area contributed by atoms with E-state index in [-0.39, 0.29) is 0 Å². The molecule has 2 aromatic carbocycles. The molecule has 2 heterocycles. The Hall–Kier alpha value is -1.23. The molecule has 0 radical (unpaired) electrons. The van der Waals surface area contributed by atoms with E-state index in [2.05, 4.69) is 104 Å². The number of halogens is 4. The Morgan fingerprint density at radius 1 is 0.380 bits per heavy atom. The Morgan fingerprint density at radius 3 is 0.761 bits per heavy atom. The lowest BCUT2D eigenvalue weighted by atomic mass is 10.4. The van der Waals surface area contributed by atoms with Gasteiger partial charge in [-0.2, -0.15) is 0 Å². The molecule has 0 N–H and O–H groups in total. The van der Waals surface area contributed by atoms with Crippen LogP contribution >= 0.6 is 44.3 Å². The number of benzene rings is 2. The zero-order valence-electron chi connectivity index (χ0n) is 44.6. The Labute approximate surface area is 460 Å². The van der Waals surface area contributed by atoms with Crippen molar-refractivity contribution in [1.82, 2.24) is 0 Å². The van der Waals surface area contributed by atoms with Gasteiger partial charge in [-0.3, -0.25) is 0 Å². The molecule has 0 aliphatic carbocycles. The van der Waals surface area contributed by atoms with Gasteiger partial charge in [-0.05, 0) is 82.4 Å². The first-order chi connectivity index (χ1) is 32.4. The third-order valence-corrected chi connectivity index (χ3v) is 48.9. The van der Waals surface area contributed by atoms with Crippen molar-refractivity contribution in [3.63, 3.8) is 0 Å². The summed E-state index contributed by atoms with van der Waals surface area (Å²) in [4.78, 5) is 0. The van der Waals surface area contributed by atoms with Gasteiger partial charge in [0.2, 0.25) is 16.6 Å². The highest BCUT2D eigenvalue weighted by Crippen LogP contribution is 2.33. The van der Waals surface area contributed by atoms with Crippen LogP contribution in [0.15, 0.2) is 196 Å². The molecule has 0 saturated carbocycles. The second-order valence-electron chi connectivity index (χ2n) is 17.5. The third kappa shape index (κ3) is 26.4. The molecule has 2 saturated heterocycles. The predicted molar refractivity (Wildman–Crippen MR) is 337 cm³/mol. The lowest BCUT2D eigenvalue weighted by molar-refractivity contribution is 0.248. The maximum Gasteiger partial charge on any atom is 0.344 e. The molecule has 2 aliphatic rings. The van der Waals surface area contributed by atoms with Gasteiger partial charge in [0.05, 0.1) is 0 Å². The highest BCUT2D eigenvalue weighted by Gasteiger charge is 2.55. The van der Waals surface area contributed by atoms with Gasteiger partial charge in [-0.25, -0.2) is 0 Å². The first-order valence-electron chi connectivity index (χ1n) is 22.3. The molecule has 396 valence electrons. The topological polar surface area (TPSA) is 83.1 Å². The molecule has 0 bridgehead atoms. The van der Waals surface area contributed by atoms with Crippen molar-refractivity contribution in [3.05, 3.63) is 196 Å². The standard InChI is InChI=1S/C12H24O4Si4.C10H14OSi.C9H18O3Si3.C8H8Cl2Si.C5H12OSi.C3H6Cl2Si/c1-9-17(5)13-18(6,10-2)15-20(8,12-4)16-19(7,11-3)14-17;1-4-12(3,11-2)10-8-6-5-7-9-10;1-7-13(4)10-14(5,8-2)12-15(6,9-3)11-13;1-2-11(9,10)8-6-4-3-5-7-8;1-5-7(3,4)6-2;1-3-6(2,4)5/h9-12H,1-4H2,5-8H3;4-9H,1H2,2-3H3;7-9H,1-3H2,4-6H3;2-7H,1H2;5H,1H2,2-4H3;3H,1H2,2H3. The van der Waals surface area contributed by atoms with E-state index >= 15 is 0 Å². The Balaban J connectivity index is 0. The summed E-state index contributed by atoms with van der Waals surface area (Å²) in [7, 11) is -17.0. The molecule has 4 rings (SSSR count). The summed E-state index contributed by atoms with van der Waals surface area (Å²) in [5, 5.41) is 2.25. The second-order valence-corrected chi connectivity index (χ2v) is 61.9. The third-order valence-electron chi connectivity index (χ3n) is 10.4. The van der Waals surface area contributed by atoms with Crippen molar-refractivity contribution in [2.24, 2.45) is 0 Å². The second kappa shape index (κ2) is 31.1. The van der Waals surface area contributed by atoms with E-state index in [9.17, 15) is 0 Å². The van der Waals surface area contributed by atoms with Crippen LogP contribution in [0.25, 0.3) is 0 Å². The molecule has 0 spiro atoms. The molecular weight excluding hydrogens is 1160 g/mol. The minimum absolute atomic E-state index is 0.985. The van der Waals surface area contributed by atoms with Crippen LogP contribution < -0.4 is 10.4 Å². The zero-order chi connectivity index (χ0) is 55.9. The van der Waals surface area contributed by atoms with Crippen LogP contribution in [-0.2, 0) is 37.7 Å². The maximum absolute atomic E-state index is 6.25. The Bertz CT molecular complexity index is 1940. The summed E-state index contributed by atoms with van der Waals surface area (Å²) in [6.45, 7) is 58.8. The van der Waals surface area contributed by atoms with Crippen molar-refractivity contribution in [2.75, 3.05) is 14.2 Å². The fraction of sp³-hybridized carbons (Fsp3) is 0.277. The van der Waals surface area contributed by atoms with Gasteiger partial charge in [-0.1, -0.05) is 123 Å². The molecule has 0 aromatic heterocycles. The molecule has 1 unspecified atom stereocenters. The van der Waals surface area contributed by atoms with Gasteiger partial charge in [0.15, 0.2) is 0 Å². The van der Waals surface area contributed by atoms with Crippen molar-refractivity contribution in [3.8, 4) is 0 Å². The zero-order valence-corrected chi connectivity index (χ0v) is 58.6. The molecule has 1 atom stereocenters. The maximum atomic E-state index is 6.25. The van der Waals surface area contributed by atoms with E-state index in [1.807, 2.05) is 106 Å². The fourth-order valence-electron chi connectivity index (χ4n) is 5.50. The van der Waals surface area contributed by atoms with Gasteiger partial charge in [-0.15, -0.1) is 117 Å². The molecule has 2 aliphatic heterocycles. The first kappa shape index (κ1) is 71.8. The minimum Gasteiger partial charge on any atom is -0.417 e. The van der Waals surface area contributed by atoms with E-state index in [0.29, 0.717) is 0 Å². The van der Waals surface area contributed by atoms with E-state index in [0.717, 1.165) is 5.19 Å². The first-order valence-corrected chi connectivity index (χ1v) is 53.3. The fourth-order valence-corrected chi connectivity index (χ4v) is 39.8. The van der Waals surface area contributed by atoms with Gasteiger partial charge in [0.1, 0.15) is 0 Å². The van der Waals surface area contributed by atoms with Crippen molar-refractivity contribution in [2.45, 2.75) is 72.0 Å². The smallest absolute Gasteiger partial charge is 0.344 e. The van der Waals surface area contributed by atoms with Gasteiger partial charge < -0.3 is 37.7 Å². The lowest BCUT2D eigenvalue weighted by Gasteiger charge is -2.46. The molecule has 71 heavy (non-hydrogen) atoms. The van der Waals surface area contributed by atoms with Gasteiger partial charge in [0.25, 0.3) is 6.69 Å². The van der Waals surface area contributed by atoms with E-state index in [1.165, 1.54) is 5.19 Å². The van der Waals surface area contributed by atoms with Crippen LogP contribution in [0.1, 0.15) is 0 Å². The summed E-state index contributed by atoms with van der Waals surface area (Å²) in [6, 6.07) is 19.9. The summed E-state index contributed by atoms with van der Waals surface area (Å²) in [5.74, 6) is 0. The summed E-state index contributed by atoms with van der Waals surface area (Å²) in [6.07, 6.45) is 0. The van der Waals surface area contributed by atoms with Crippen LogP contribution in [0.4, 0.5) is 0 Å². The number of hydrogen-bond acceptors (Lipinski definition) is 9. The molecule has 2 aromatic rings.